The van der Waals surface area contributed by atoms with Gasteiger partial charge in [0.25, 0.3) is 0 Å². The molecule has 0 saturated heterocycles. The van der Waals surface area contributed by atoms with Crippen LogP contribution in [0.3, 0.4) is 0 Å². The van der Waals surface area contributed by atoms with Gasteiger partial charge in [-0.3, -0.25) is 4.79 Å². The highest BCUT2D eigenvalue weighted by atomic mass is 16.1. The van der Waals surface area contributed by atoms with Crippen LogP contribution in [0.5, 0.6) is 0 Å². The molecule has 0 aromatic carbocycles. The van der Waals surface area contributed by atoms with E-state index in [0.29, 0.717) is 5.78 Å². The molecule has 1 aliphatic rings. The fourth-order valence-electron chi connectivity index (χ4n) is 2.88. The Balaban J connectivity index is 1.81. The van der Waals surface area contributed by atoms with Crippen molar-refractivity contribution in [2.75, 3.05) is 0 Å². The molecule has 0 aromatic rings. The van der Waals surface area contributed by atoms with Crippen LogP contribution in [0.1, 0.15) is 97.3 Å². The Hall–Kier alpha value is -0.330. The van der Waals surface area contributed by atoms with Crippen LogP contribution in [-0.2, 0) is 4.79 Å². The highest BCUT2D eigenvalue weighted by Gasteiger charge is 2.45. The minimum Gasteiger partial charge on any atom is -0.299 e. The molecular weight excluding hydrogens is 220 g/mol. The second-order valence-electron chi connectivity index (χ2n) is 6.27. The normalized spacial score (nSPS) is 16.8. The molecule has 0 bridgehead atoms. The average molecular weight is 252 g/mol. The maximum Gasteiger partial charge on any atom is 0.135 e. The Kier molecular flexibility index (Phi) is 7.62. The van der Waals surface area contributed by atoms with Crippen LogP contribution in [-0.4, -0.2) is 5.78 Å². The van der Waals surface area contributed by atoms with E-state index in [1.54, 1.807) is 6.92 Å². The molecule has 0 amide bonds. The van der Waals surface area contributed by atoms with Crippen molar-refractivity contribution in [3.05, 3.63) is 0 Å². The first kappa shape index (κ1) is 15.7. The molecule has 0 heterocycles. The quantitative estimate of drug-likeness (QED) is 0.409. The van der Waals surface area contributed by atoms with Crippen molar-refractivity contribution in [3.8, 4) is 0 Å². The predicted octanol–water partition coefficient (Wildman–Crippen LogP) is 5.67. The molecule has 1 fully saturated rings. The summed E-state index contributed by atoms with van der Waals surface area (Å²) in [6.45, 7) is 4.05. The van der Waals surface area contributed by atoms with Gasteiger partial charge in [0.1, 0.15) is 5.78 Å². The summed E-state index contributed by atoms with van der Waals surface area (Å²) in [5.41, 5.74) is 0.153. The maximum atomic E-state index is 11.4. The van der Waals surface area contributed by atoms with E-state index in [1.807, 2.05) is 0 Å². The molecule has 0 aliphatic heterocycles. The molecule has 1 rings (SSSR count). The molecule has 0 radical (unpaired) electrons. The average Bonchev–Trinajstić information content (AvgIpc) is 3.13. The van der Waals surface area contributed by atoms with Gasteiger partial charge in [0.15, 0.2) is 0 Å². The number of Topliss-reactive ketones (excluding diaryl/α,β-unsaturated/α-hetero) is 1. The number of hydrogen-bond donors (Lipinski definition) is 0. The molecule has 18 heavy (non-hydrogen) atoms. The van der Waals surface area contributed by atoms with Crippen molar-refractivity contribution < 1.29 is 4.79 Å². The van der Waals surface area contributed by atoms with Crippen LogP contribution in [0.2, 0.25) is 0 Å². The van der Waals surface area contributed by atoms with Crippen LogP contribution in [0.15, 0.2) is 0 Å². The number of ketones is 1. The summed E-state index contributed by atoms with van der Waals surface area (Å²) < 4.78 is 0. The predicted molar refractivity (Wildman–Crippen MR) is 78.8 cm³/mol. The largest absolute Gasteiger partial charge is 0.299 e. The third kappa shape index (κ3) is 6.02. The summed E-state index contributed by atoms with van der Waals surface area (Å²) in [5, 5.41) is 0. The third-order valence-corrected chi connectivity index (χ3v) is 4.61. The summed E-state index contributed by atoms with van der Waals surface area (Å²) in [6, 6.07) is 0. The second-order valence-corrected chi connectivity index (χ2v) is 6.27. The van der Waals surface area contributed by atoms with Crippen LogP contribution < -0.4 is 0 Å². The fourth-order valence-corrected chi connectivity index (χ4v) is 2.88. The first-order chi connectivity index (χ1) is 8.71. The van der Waals surface area contributed by atoms with Gasteiger partial charge in [-0.05, 0) is 26.2 Å². The summed E-state index contributed by atoms with van der Waals surface area (Å²) in [6.07, 6.45) is 17.3. The van der Waals surface area contributed by atoms with Gasteiger partial charge >= 0.3 is 0 Å². The Bertz CT molecular complexity index is 228. The van der Waals surface area contributed by atoms with E-state index < -0.39 is 0 Å². The summed E-state index contributed by atoms with van der Waals surface area (Å²) in [7, 11) is 0. The van der Waals surface area contributed by atoms with Crippen molar-refractivity contribution in [1.82, 2.24) is 0 Å². The smallest absolute Gasteiger partial charge is 0.135 e. The van der Waals surface area contributed by atoms with E-state index >= 15 is 0 Å². The molecule has 1 nitrogen and oxygen atoms in total. The first-order valence-corrected chi connectivity index (χ1v) is 8.22. The van der Waals surface area contributed by atoms with Gasteiger partial charge in [0, 0.05) is 5.41 Å². The van der Waals surface area contributed by atoms with Crippen molar-refractivity contribution >= 4 is 5.78 Å². The zero-order valence-corrected chi connectivity index (χ0v) is 12.6. The minimum absolute atomic E-state index is 0.153. The monoisotopic (exact) mass is 252 g/mol. The number of carbonyl (C=O) groups excluding carboxylic acids is 1. The molecule has 1 aliphatic carbocycles. The molecule has 0 N–H and O–H groups in total. The van der Waals surface area contributed by atoms with Gasteiger partial charge in [-0.15, -0.1) is 0 Å². The number of unbranched alkanes of at least 4 members (excludes halogenated alkanes) is 9. The van der Waals surface area contributed by atoms with E-state index in [9.17, 15) is 4.79 Å². The SMILES string of the molecule is CCCCCCCCCCCCC1(C(C)=O)CC1. The lowest BCUT2D eigenvalue weighted by Gasteiger charge is -2.10. The molecular formula is C17H32O. The highest BCUT2D eigenvalue weighted by molar-refractivity contribution is 5.84. The van der Waals surface area contributed by atoms with E-state index in [2.05, 4.69) is 6.92 Å². The zero-order chi connectivity index (χ0) is 13.3. The van der Waals surface area contributed by atoms with Crippen molar-refractivity contribution in [1.29, 1.82) is 0 Å². The number of carbonyl (C=O) groups is 1. The number of rotatable bonds is 12. The number of hydrogen-bond acceptors (Lipinski definition) is 1. The zero-order valence-electron chi connectivity index (χ0n) is 12.6. The van der Waals surface area contributed by atoms with E-state index in [1.165, 1.54) is 83.5 Å². The minimum atomic E-state index is 0.153. The molecule has 1 saturated carbocycles. The van der Waals surface area contributed by atoms with E-state index in [4.69, 9.17) is 0 Å². The first-order valence-electron chi connectivity index (χ1n) is 8.22. The van der Waals surface area contributed by atoms with Crippen LogP contribution in [0, 0.1) is 5.41 Å². The van der Waals surface area contributed by atoms with Crippen molar-refractivity contribution in [2.45, 2.75) is 97.3 Å². The van der Waals surface area contributed by atoms with E-state index in [-0.39, 0.29) is 5.41 Å². The second kappa shape index (κ2) is 8.72. The van der Waals surface area contributed by atoms with Gasteiger partial charge in [-0.2, -0.15) is 0 Å². The molecule has 0 spiro atoms. The summed E-state index contributed by atoms with van der Waals surface area (Å²) in [4.78, 5) is 11.4. The molecule has 0 atom stereocenters. The Labute approximate surface area is 114 Å². The Morgan fingerprint density at radius 3 is 1.67 bits per heavy atom. The van der Waals surface area contributed by atoms with Gasteiger partial charge in [-0.1, -0.05) is 71.1 Å². The Morgan fingerprint density at radius 1 is 0.833 bits per heavy atom. The van der Waals surface area contributed by atoms with Gasteiger partial charge in [-0.25, -0.2) is 0 Å². The molecule has 106 valence electrons. The van der Waals surface area contributed by atoms with Gasteiger partial charge in [0.2, 0.25) is 0 Å². The summed E-state index contributed by atoms with van der Waals surface area (Å²) in [5.74, 6) is 0.443. The van der Waals surface area contributed by atoms with Crippen LogP contribution in [0.4, 0.5) is 0 Å². The fraction of sp³-hybridized carbons (Fsp3) is 0.941. The van der Waals surface area contributed by atoms with Gasteiger partial charge < -0.3 is 0 Å². The standard InChI is InChI=1S/C17H32O/c1-3-4-5-6-7-8-9-10-11-12-13-17(14-15-17)16(2)18/h3-15H2,1-2H3. The lowest BCUT2D eigenvalue weighted by molar-refractivity contribution is -0.122. The Morgan fingerprint density at radius 2 is 1.28 bits per heavy atom. The lowest BCUT2D eigenvalue weighted by Crippen LogP contribution is -2.11. The van der Waals surface area contributed by atoms with Crippen molar-refractivity contribution in [2.24, 2.45) is 5.41 Å². The molecule has 0 aromatic heterocycles. The summed E-state index contributed by atoms with van der Waals surface area (Å²) >= 11 is 0. The van der Waals surface area contributed by atoms with E-state index in [0.717, 1.165) is 0 Å². The third-order valence-electron chi connectivity index (χ3n) is 4.61. The lowest BCUT2D eigenvalue weighted by atomic mass is 9.94. The molecule has 1 heteroatoms. The van der Waals surface area contributed by atoms with Crippen LogP contribution in [0.25, 0.3) is 0 Å². The topological polar surface area (TPSA) is 17.1 Å². The molecule has 0 unspecified atom stereocenters. The van der Waals surface area contributed by atoms with Gasteiger partial charge in [0.05, 0.1) is 0 Å². The maximum absolute atomic E-state index is 11.4. The highest BCUT2D eigenvalue weighted by Crippen LogP contribution is 2.50. The van der Waals surface area contributed by atoms with Crippen molar-refractivity contribution in [3.63, 3.8) is 0 Å². The van der Waals surface area contributed by atoms with Crippen LogP contribution >= 0.6 is 0 Å².